The van der Waals surface area contributed by atoms with Gasteiger partial charge in [0.15, 0.2) is 12.5 Å². The van der Waals surface area contributed by atoms with E-state index in [1.807, 2.05) is 0 Å². The van der Waals surface area contributed by atoms with Crippen LogP contribution in [0.4, 0.5) is 0 Å². The van der Waals surface area contributed by atoms with Crippen molar-refractivity contribution in [3.05, 3.63) is 17.1 Å². The number of nitrogens with zero attached hydrogens (tertiary/aromatic N) is 1. The largest absolute Gasteiger partial charge is 0.463 e. The van der Waals surface area contributed by atoms with E-state index in [9.17, 15) is 4.79 Å². The van der Waals surface area contributed by atoms with Gasteiger partial charge in [0.2, 0.25) is 5.51 Å². The standard InChI is InChI=1S/C32H58NO4S/c1-2-3-4-5-6-7-8-9-10-11-12-13-14-15-16-17-20-23-32-36-28-30(37-32)27-35-31(34)22-19-18-21-24-33-25-26-38-29-33/h25-26,29-30,32H,2-24,27-28H2,1H3/q+1. The minimum absolute atomic E-state index is 0.107. The molecule has 1 fully saturated rings. The second-order valence-corrected chi connectivity index (χ2v) is 12.0. The highest BCUT2D eigenvalue weighted by Gasteiger charge is 2.26. The fourth-order valence-electron chi connectivity index (χ4n) is 5.17. The Hall–Kier alpha value is -0.980. The zero-order chi connectivity index (χ0) is 26.9. The Morgan fingerprint density at radius 1 is 0.816 bits per heavy atom. The lowest BCUT2D eigenvalue weighted by Crippen LogP contribution is -2.29. The predicted octanol–water partition coefficient (Wildman–Crippen LogP) is 8.92. The van der Waals surface area contributed by atoms with Crippen LogP contribution in [0.5, 0.6) is 0 Å². The first-order valence-electron chi connectivity index (χ1n) is 16.1. The Morgan fingerprint density at radius 3 is 1.97 bits per heavy atom. The zero-order valence-corrected chi connectivity index (χ0v) is 25.4. The first kappa shape index (κ1) is 33.2. The van der Waals surface area contributed by atoms with Crippen molar-refractivity contribution in [2.24, 2.45) is 0 Å². The van der Waals surface area contributed by atoms with Crippen molar-refractivity contribution in [2.75, 3.05) is 13.2 Å². The Kier molecular flexibility index (Phi) is 20.9. The molecule has 0 amide bonds. The molecule has 0 N–H and O–H groups in total. The number of unbranched alkanes of at least 4 members (excludes halogenated alkanes) is 18. The summed E-state index contributed by atoms with van der Waals surface area (Å²) in [6, 6.07) is 0. The van der Waals surface area contributed by atoms with Crippen LogP contribution in [-0.2, 0) is 25.5 Å². The molecule has 0 bridgehead atoms. The molecule has 0 saturated carbocycles. The molecule has 0 spiro atoms. The summed E-state index contributed by atoms with van der Waals surface area (Å²) in [6.07, 6.45) is 29.9. The van der Waals surface area contributed by atoms with E-state index >= 15 is 0 Å². The Bertz CT molecular complexity index is 654. The van der Waals surface area contributed by atoms with Gasteiger partial charge in [-0.25, -0.2) is 0 Å². The van der Waals surface area contributed by atoms with E-state index in [0.29, 0.717) is 19.6 Å². The number of carbonyl (C=O) groups excluding carboxylic acids is 1. The maximum absolute atomic E-state index is 12.0. The number of rotatable bonds is 26. The van der Waals surface area contributed by atoms with Gasteiger partial charge in [0.1, 0.15) is 19.3 Å². The van der Waals surface area contributed by atoms with Crippen LogP contribution in [-0.4, -0.2) is 31.6 Å². The first-order valence-corrected chi connectivity index (χ1v) is 17.1. The van der Waals surface area contributed by atoms with Crippen molar-refractivity contribution >= 4 is 17.3 Å². The molecule has 1 aliphatic rings. The lowest BCUT2D eigenvalue weighted by molar-refractivity contribution is -0.692. The molecule has 0 radical (unpaired) electrons. The van der Waals surface area contributed by atoms with E-state index in [2.05, 4.69) is 28.6 Å². The molecule has 6 heteroatoms. The van der Waals surface area contributed by atoms with Gasteiger partial charge in [0.25, 0.3) is 0 Å². The minimum atomic E-state index is -0.121. The second-order valence-electron chi connectivity index (χ2n) is 11.2. The number of carbonyl (C=O) groups is 1. The lowest BCUT2D eigenvalue weighted by atomic mass is 10.0. The number of ether oxygens (including phenoxy) is 3. The third-order valence-electron chi connectivity index (χ3n) is 7.61. The van der Waals surface area contributed by atoms with Crippen molar-refractivity contribution in [3.63, 3.8) is 0 Å². The SMILES string of the molecule is CCCCCCCCCCCCCCCCCCCC1OCC(COC(=O)CCCCC[n+]2ccsc2)O1. The smallest absolute Gasteiger partial charge is 0.305 e. The Balaban J connectivity index is 1.28. The number of hydrogen-bond acceptors (Lipinski definition) is 5. The van der Waals surface area contributed by atoms with E-state index in [0.717, 1.165) is 38.6 Å². The van der Waals surface area contributed by atoms with Crippen LogP contribution in [0.15, 0.2) is 17.1 Å². The molecule has 2 heterocycles. The summed E-state index contributed by atoms with van der Waals surface area (Å²) in [4.78, 5) is 12.0. The summed E-state index contributed by atoms with van der Waals surface area (Å²) in [6.45, 7) is 4.16. The van der Waals surface area contributed by atoms with Crippen LogP contribution in [0.1, 0.15) is 148 Å². The van der Waals surface area contributed by atoms with Gasteiger partial charge >= 0.3 is 5.97 Å². The highest BCUT2D eigenvalue weighted by atomic mass is 32.1. The summed E-state index contributed by atoms with van der Waals surface area (Å²) < 4.78 is 19.3. The minimum Gasteiger partial charge on any atom is -0.463 e. The molecule has 2 atom stereocenters. The Labute approximate surface area is 238 Å². The third-order valence-corrected chi connectivity index (χ3v) is 8.28. The highest BCUT2D eigenvalue weighted by Crippen LogP contribution is 2.19. The maximum atomic E-state index is 12.0. The number of hydrogen-bond donors (Lipinski definition) is 0. The van der Waals surface area contributed by atoms with Gasteiger partial charge in [-0.05, 0) is 25.7 Å². The van der Waals surface area contributed by atoms with E-state index in [4.69, 9.17) is 14.2 Å². The molecule has 220 valence electrons. The van der Waals surface area contributed by atoms with Gasteiger partial charge in [-0.2, -0.15) is 4.57 Å². The van der Waals surface area contributed by atoms with Gasteiger partial charge in [0.05, 0.1) is 12.0 Å². The van der Waals surface area contributed by atoms with E-state index in [-0.39, 0.29) is 18.4 Å². The van der Waals surface area contributed by atoms with E-state index in [1.165, 1.54) is 103 Å². The lowest BCUT2D eigenvalue weighted by Gasteiger charge is -2.12. The predicted molar refractivity (Wildman–Crippen MR) is 157 cm³/mol. The summed E-state index contributed by atoms with van der Waals surface area (Å²) in [7, 11) is 0. The van der Waals surface area contributed by atoms with Gasteiger partial charge < -0.3 is 14.2 Å². The van der Waals surface area contributed by atoms with Crippen molar-refractivity contribution in [3.8, 4) is 0 Å². The van der Waals surface area contributed by atoms with Crippen molar-refractivity contribution in [1.82, 2.24) is 0 Å². The van der Waals surface area contributed by atoms with Crippen LogP contribution in [0.2, 0.25) is 0 Å². The summed E-state index contributed by atoms with van der Waals surface area (Å²) in [5, 5.41) is 2.08. The van der Waals surface area contributed by atoms with Gasteiger partial charge in [0, 0.05) is 12.8 Å². The van der Waals surface area contributed by atoms with Gasteiger partial charge in [-0.15, -0.1) is 0 Å². The molecule has 1 aromatic heterocycles. The van der Waals surface area contributed by atoms with Crippen LogP contribution >= 0.6 is 11.3 Å². The summed E-state index contributed by atoms with van der Waals surface area (Å²) >= 11 is 1.71. The average molecular weight is 553 g/mol. The zero-order valence-electron chi connectivity index (χ0n) is 24.6. The Morgan fingerprint density at radius 2 is 1.39 bits per heavy atom. The van der Waals surface area contributed by atoms with Crippen LogP contribution in [0.3, 0.4) is 0 Å². The second kappa shape index (κ2) is 23.9. The molecular formula is C32H58NO4S+. The summed E-state index contributed by atoms with van der Waals surface area (Å²) in [5.74, 6) is -0.117. The number of thiazole rings is 1. The average Bonchev–Trinajstić information content (AvgIpc) is 3.61. The van der Waals surface area contributed by atoms with E-state index in [1.54, 1.807) is 11.3 Å². The number of aromatic nitrogens is 1. The number of aryl methyl sites for hydroxylation is 1. The molecule has 1 aliphatic heterocycles. The van der Waals surface area contributed by atoms with Crippen LogP contribution in [0, 0.1) is 0 Å². The molecule has 38 heavy (non-hydrogen) atoms. The monoisotopic (exact) mass is 552 g/mol. The maximum Gasteiger partial charge on any atom is 0.305 e. The molecule has 5 nitrogen and oxygen atoms in total. The highest BCUT2D eigenvalue weighted by molar-refractivity contribution is 7.07. The molecule has 0 aromatic carbocycles. The van der Waals surface area contributed by atoms with E-state index < -0.39 is 0 Å². The molecule has 1 aromatic rings. The first-order chi connectivity index (χ1) is 18.8. The topological polar surface area (TPSA) is 48.6 Å². The van der Waals surface area contributed by atoms with Crippen LogP contribution in [0.25, 0.3) is 0 Å². The third kappa shape index (κ3) is 18.3. The molecule has 0 aliphatic carbocycles. The van der Waals surface area contributed by atoms with Gasteiger partial charge in [-0.1, -0.05) is 121 Å². The molecule has 2 rings (SSSR count). The quantitative estimate of drug-likeness (QED) is 0.0654. The van der Waals surface area contributed by atoms with Crippen molar-refractivity contribution in [2.45, 2.75) is 167 Å². The molecule has 1 saturated heterocycles. The fourth-order valence-corrected chi connectivity index (χ4v) is 5.80. The molecule has 2 unspecified atom stereocenters. The number of esters is 1. The normalized spacial score (nSPS) is 17.3. The molecular weight excluding hydrogens is 494 g/mol. The van der Waals surface area contributed by atoms with Crippen molar-refractivity contribution < 1.29 is 23.6 Å². The van der Waals surface area contributed by atoms with Crippen molar-refractivity contribution in [1.29, 1.82) is 0 Å². The fraction of sp³-hybridized carbons (Fsp3) is 0.875. The van der Waals surface area contributed by atoms with Gasteiger partial charge in [-0.3, -0.25) is 4.79 Å². The van der Waals surface area contributed by atoms with Crippen LogP contribution < -0.4 is 4.57 Å². The summed E-state index contributed by atoms with van der Waals surface area (Å²) in [5.41, 5.74) is 2.12.